The SMILES string of the molecule is CC(C)(C)O[Si](Oc1ccc(C(O)(c2ccc(O[Si](OC(C)(C)C)(c3ccccc3)c3ccccc3)cc2)c2ccc(O[Si](OC(C)(C)C)(c3ccccc3)c3ccccc3)cc2)cc1)(c1ccccc1)c1ccccc1. The molecule has 0 atom stereocenters. The van der Waals surface area contributed by atoms with Gasteiger partial charge in [-0.15, -0.1) is 0 Å². The van der Waals surface area contributed by atoms with E-state index >= 15 is 0 Å². The van der Waals surface area contributed by atoms with Crippen molar-refractivity contribution in [3.63, 3.8) is 0 Å². The monoisotopic (exact) mass is 1070 g/mol. The van der Waals surface area contributed by atoms with E-state index in [0.29, 0.717) is 33.9 Å². The molecule has 0 spiro atoms. The molecule has 0 heterocycles. The van der Waals surface area contributed by atoms with Gasteiger partial charge in [0.15, 0.2) is 0 Å². The molecule has 0 aromatic heterocycles. The van der Waals surface area contributed by atoms with Crippen LogP contribution in [0, 0.1) is 0 Å². The van der Waals surface area contributed by atoms with E-state index in [0.717, 1.165) is 31.1 Å². The van der Waals surface area contributed by atoms with Crippen molar-refractivity contribution in [2.24, 2.45) is 0 Å². The molecule has 7 nitrogen and oxygen atoms in total. The molecule has 0 saturated carbocycles. The second kappa shape index (κ2) is 22.5. The lowest BCUT2D eigenvalue weighted by Gasteiger charge is -2.38. The molecule has 0 saturated heterocycles. The zero-order chi connectivity index (χ0) is 54.4. The van der Waals surface area contributed by atoms with Gasteiger partial charge >= 0.3 is 25.7 Å². The molecule has 0 aliphatic rings. The minimum atomic E-state index is -3.40. The summed E-state index contributed by atoms with van der Waals surface area (Å²) in [5, 5.41) is 19.6. The van der Waals surface area contributed by atoms with Crippen LogP contribution in [-0.4, -0.2) is 47.6 Å². The quantitative estimate of drug-likeness (QED) is 0.0678. The van der Waals surface area contributed by atoms with Crippen LogP contribution in [0.1, 0.15) is 79.0 Å². The average molecular weight is 1070 g/mol. The molecule has 10 heteroatoms. The standard InChI is InChI=1S/C67H70O7Si3/c1-64(2,3)72-75(58-28-16-10-17-29-58,59-30-18-11-19-31-59)69-55-46-40-52(41-47-55)67(68,53-42-48-56(49-43-53)70-76(73-65(4,5)6,60-32-20-12-21-33-60)61-34-22-13-23-35-61)54-44-50-57(51-45-54)71-77(74-66(7,8)9,62-36-24-14-25-37-62)63-38-26-15-27-39-63/h10-51,68H,1-9H3. The van der Waals surface area contributed by atoms with Crippen LogP contribution >= 0.6 is 0 Å². The van der Waals surface area contributed by atoms with E-state index in [1.807, 2.05) is 182 Å². The van der Waals surface area contributed by atoms with Gasteiger partial charge < -0.3 is 31.7 Å². The van der Waals surface area contributed by atoms with Crippen molar-refractivity contribution in [1.29, 1.82) is 0 Å². The zero-order valence-corrected chi connectivity index (χ0v) is 48.6. The lowest BCUT2D eigenvalue weighted by atomic mass is 9.80. The van der Waals surface area contributed by atoms with E-state index in [9.17, 15) is 5.11 Å². The van der Waals surface area contributed by atoms with E-state index in [1.165, 1.54) is 0 Å². The van der Waals surface area contributed by atoms with Crippen LogP contribution < -0.4 is 44.4 Å². The van der Waals surface area contributed by atoms with Crippen molar-refractivity contribution in [2.45, 2.75) is 84.7 Å². The zero-order valence-electron chi connectivity index (χ0n) is 45.6. The van der Waals surface area contributed by atoms with Crippen LogP contribution in [0.4, 0.5) is 0 Å². The maximum atomic E-state index is 13.8. The Hall–Kier alpha value is -7.13. The van der Waals surface area contributed by atoms with E-state index in [4.69, 9.17) is 26.6 Å². The van der Waals surface area contributed by atoms with Crippen molar-refractivity contribution in [3.8, 4) is 17.2 Å². The average Bonchev–Trinajstić information content (AvgIpc) is 3.45. The first-order chi connectivity index (χ1) is 36.8. The van der Waals surface area contributed by atoms with Crippen LogP contribution in [-0.2, 0) is 18.9 Å². The summed E-state index contributed by atoms with van der Waals surface area (Å²) < 4.78 is 43.1. The molecule has 9 aromatic carbocycles. The Morgan fingerprint density at radius 2 is 0.416 bits per heavy atom. The van der Waals surface area contributed by atoms with Gasteiger partial charge in [0.1, 0.15) is 22.8 Å². The molecule has 9 rings (SSSR count). The first kappa shape index (κ1) is 54.7. The van der Waals surface area contributed by atoms with Gasteiger partial charge in [0, 0.05) is 31.1 Å². The van der Waals surface area contributed by atoms with E-state index in [-0.39, 0.29) is 0 Å². The summed E-state index contributed by atoms with van der Waals surface area (Å²) in [5.41, 5.74) is -1.45. The molecule has 1 N–H and O–H groups in total. The highest BCUT2D eigenvalue weighted by atomic mass is 28.4. The van der Waals surface area contributed by atoms with Gasteiger partial charge in [-0.2, -0.15) is 0 Å². The van der Waals surface area contributed by atoms with Crippen LogP contribution in [0.2, 0.25) is 0 Å². The Balaban J connectivity index is 1.16. The predicted molar refractivity (Wildman–Crippen MR) is 320 cm³/mol. The number of benzene rings is 9. The van der Waals surface area contributed by atoms with Crippen LogP contribution in [0.15, 0.2) is 255 Å². The summed E-state index contributed by atoms with van der Waals surface area (Å²) in [6, 6.07) is 84.6. The largest absolute Gasteiger partial charge is 0.514 e. The Kier molecular flexibility index (Phi) is 15.9. The summed E-state index contributed by atoms with van der Waals surface area (Å²) in [4.78, 5) is 0. The summed E-state index contributed by atoms with van der Waals surface area (Å²) in [7, 11) is -10.2. The van der Waals surface area contributed by atoms with E-state index in [2.05, 4.69) is 135 Å². The number of hydrogen-bond donors (Lipinski definition) is 1. The second-order valence-electron chi connectivity index (χ2n) is 22.3. The Bertz CT molecular complexity index is 2800. The van der Waals surface area contributed by atoms with Crippen molar-refractivity contribution < 1.29 is 31.7 Å². The van der Waals surface area contributed by atoms with Gasteiger partial charge in [0.2, 0.25) is 0 Å². The highest BCUT2D eigenvalue weighted by Gasteiger charge is 2.51. The van der Waals surface area contributed by atoms with Crippen molar-refractivity contribution in [1.82, 2.24) is 0 Å². The van der Waals surface area contributed by atoms with E-state index in [1.54, 1.807) is 0 Å². The van der Waals surface area contributed by atoms with Crippen LogP contribution in [0.3, 0.4) is 0 Å². The topological polar surface area (TPSA) is 75.6 Å². The van der Waals surface area contributed by atoms with Crippen molar-refractivity contribution >= 4 is 56.8 Å². The van der Waals surface area contributed by atoms with Crippen molar-refractivity contribution in [3.05, 3.63) is 271 Å². The minimum absolute atomic E-state index is 0.545. The highest BCUT2D eigenvalue weighted by Crippen LogP contribution is 2.40. The fourth-order valence-corrected chi connectivity index (χ4v) is 20.1. The summed E-state index contributed by atoms with van der Waals surface area (Å²) >= 11 is 0. The molecule has 0 amide bonds. The van der Waals surface area contributed by atoms with Crippen LogP contribution in [0.25, 0.3) is 0 Å². The molecule has 0 aliphatic heterocycles. The third kappa shape index (κ3) is 12.4. The molecule has 0 fully saturated rings. The van der Waals surface area contributed by atoms with Crippen molar-refractivity contribution in [2.75, 3.05) is 0 Å². The van der Waals surface area contributed by atoms with Gasteiger partial charge in [0.25, 0.3) is 0 Å². The molecule has 77 heavy (non-hydrogen) atoms. The molecule has 0 radical (unpaired) electrons. The van der Waals surface area contributed by atoms with Gasteiger partial charge in [0.05, 0.1) is 16.8 Å². The lowest BCUT2D eigenvalue weighted by molar-refractivity contribution is 0.100. The highest BCUT2D eigenvalue weighted by molar-refractivity contribution is 6.94. The Labute approximate surface area is 459 Å². The second-order valence-corrected chi connectivity index (χ2v) is 30.7. The smallest absolute Gasteiger partial charge is 0.469 e. The van der Waals surface area contributed by atoms with Gasteiger partial charge in [-0.3, -0.25) is 0 Å². The van der Waals surface area contributed by atoms with Gasteiger partial charge in [-0.05, 0) is 115 Å². The molecular weight excluding hydrogens is 1000 g/mol. The molecule has 9 aromatic rings. The fraction of sp³-hybridized carbons (Fsp3) is 0.194. The van der Waals surface area contributed by atoms with E-state index < -0.39 is 48.1 Å². The fourth-order valence-electron chi connectivity index (χ4n) is 9.80. The molecule has 0 bridgehead atoms. The Morgan fingerprint density at radius 3 is 0.571 bits per heavy atom. The molecular formula is C67H70O7Si3. The minimum Gasteiger partial charge on any atom is -0.514 e. The summed E-state index contributed by atoms with van der Waals surface area (Å²) in [6.45, 7) is 18.6. The number of rotatable bonds is 18. The predicted octanol–water partition coefficient (Wildman–Crippen LogP) is 11.3. The molecule has 0 unspecified atom stereocenters. The third-order valence-corrected chi connectivity index (χ3v) is 23.7. The lowest BCUT2D eigenvalue weighted by Crippen LogP contribution is -2.68. The van der Waals surface area contributed by atoms with Crippen LogP contribution in [0.5, 0.6) is 17.2 Å². The normalized spacial score (nSPS) is 12.7. The first-order valence-electron chi connectivity index (χ1n) is 26.4. The maximum Gasteiger partial charge on any atom is 0.469 e. The first-order valence-corrected chi connectivity index (χ1v) is 31.8. The number of hydrogen-bond acceptors (Lipinski definition) is 7. The molecule has 0 aliphatic carbocycles. The Morgan fingerprint density at radius 1 is 0.247 bits per heavy atom. The molecule has 392 valence electrons. The maximum absolute atomic E-state index is 13.8. The van der Waals surface area contributed by atoms with Gasteiger partial charge in [-0.25, -0.2) is 0 Å². The number of aliphatic hydroxyl groups is 1. The summed E-state index contributed by atoms with van der Waals surface area (Å²) in [6.07, 6.45) is 0. The summed E-state index contributed by atoms with van der Waals surface area (Å²) in [5.74, 6) is 1.82. The third-order valence-electron chi connectivity index (χ3n) is 12.9. The van der Waals surface area contributed by atoms with Gasteiger partial charge in [-0.1, -0.05) is 218 Å².